The second-order valence-electron chi connectivity index (χ2n) is 5.01. The Balaban J connectivity index is 1.97. The number of thioether (sulfide) groups is 1. The molecular weight excluding hydrogens is 292 g/mol. The standard InChI is InChI=1S/C18H16N2OS/c1-12-8-9-13(22-2)11-15(12)18(21)20-17-7-3-6-16-14(17)5-4-10-19-16/h3-11H,1-2H3,(H,20,21). The molecule has 3 aromatic rings. The first-order chi connectivity index (χ1) is 10.7. The van der Waals surface area contributed by atoms with Crippen molar-refractivity contribution in [1.82, 2.24) is 4.98 Å². The van der Waals surface area contributed by atoms with E-state index in [1.54, 1.807) is 18.0 Å². The van der Waals surface area contributed by atoms with Gasteiger partial charge < -0.3 is 5.32 Å². The number of aryl methyl sites for hydroxylation is 1. The van der Waals surface area contributed by atoms with Crippen LogP contribution in [-0.2, 0) is 0 Å². The minimum absolute atomic E-state index is 0.0928. The fourth-order valence-electron chi connectivity index (χ4n) is 2.37. The average molecular weight is 308 g/mol. The lowest BCUT2D eigenvalue weighted by Gasteiger charge is -2.11. The van der Waals surface area contributed by atoms with Crippen LogP contribution < -0.4 is 5.32 Å². The van der Waals surface area contributed by atoms with E-state index in [4.69, 9.17) is 0 Å². The van der Waals surface area contributed by atoms with Crippen LogP contribution in [0.1, 0.15) is 15.9 Å². The van der Waals surface area contributed by atoms with E-state index in [2.05, 4.69) is 10.3 Å². The predicted molar refractivity (Wildman–Crippen MR) is 92.7 cm³/mol. The molecule has 0 unspecified atom stereocenters. The van der Waals surface area contributed by atoms with Gasteiger partial charge in [-0.05, 0) is 55.1 Å². The highest BCUT2D eigenvalue weighted by Crippen LogP contribution is 2.24. The van der Waals surface area contributed by atoms with Gasteiger partial charge in [-0.15, -0.1) is 11.8 Å². The van der Waals surface area contributed by atoms with Gasteiger partial charge in [0.2, 0.25) is 0 Å². The zero-order valence-corrected chi connectivity index (χ0v) is 13.3. The Kier molecular flexibility index (Phi) is 4.11. The normalized spacial score (nSPS) is 10.6. The van der Waals surface area contributed by atoms with Crippen LogP contribution >= 0.6 is 11.8 Å². The molecule has 22 heavy (non-hydrogen) atoms. The summed E-state index contributed by atoms with van der Waals surface area (Å²) >= 11 is 1.63. The van der Waals surface area contributed by atoms with Crippen molar-refractivity contribution in [2.24, 2.45) is 0 Å². The van der Waals surface area contributed by atoms with Gasteiger partial charge in [0.1, 0.15) is 0 Å². The van der Waals surface area contributed by atoms with Crippen LogP contribution in [-0.4, -0.2) is 17.1 Å². The van der Waals surface area contributed by atoms with E-state index in [0.29, 0.717) is 5.56 Å². The van der Waals surface area contributed by atoms with Crippen molar-refractivity contribution >= 4 is 34.3 Å². The number of fused-ring (bicyclic) bond motifs is 1. The summed E-state index contributed by atoms with van der Waals surface area (Å²) in [6, 6.07) is 15.5. The molecule has 1 amide bonds. The number of rotatable bonds is 3. The fraction of sp³-hybridized carbons (Fsp3) is 0.111. The number of aromatic nitrogens is 1. The van der Waals surface area contributed by atoms with E-state index in [1.165, 1.54) is 0 Å². The Labute approximate surface area is 133 Å². The van der Waals surface area contributed by atoms with Crippen LogP contribution in [0.4, 0.5) is 5.69 Å². The minimum Gasteiger partial charge on any atom is -0.321 e. The van der Waals surface area contributed by atoms with Gasteiger partial charge in [-0.2, -0.15) is 0 Å². The monoisotopic (exact) mass is 308 g/mol. The molecule has 0 saturated carbocycles. The zero-order chi connectivity index (χ0) is 15.5. The predicted octanol–water partition coefficient (Wildman–Crippen LogP) is 4.52. The van der Waals surface area contributed by atoms with Gasteiger partial charge in [-0.3, -0.25) is 9.78 Å². The van der Waals surface area contributed by atoms with Gasteiger partial charge in [0.05, 0.1) is 11.2 Å². The lowest BCUT2D eigenvalue weighted by molar-refractivity contribution is 0.102. The maximum atomic E-state index is 12.6. The molecule has 3 nitrogen and oxygen atoms in total. The molecule has 0 saturated heterocycles. The summed E-state index contributed by atoms with van der Waals surface area (Å²) in [5.41, 5.74) is 3.32. The molecule has 1 N–H and O–H groups in total. The highest BCUT2D eigenvalue weighted by molar-refractivity contribution is 7.98. The van der Waals surface area contributed by atoms with Crippen molar-refractivity contribution < 1.29 is 4.79 Å². The molecule has 110 valence electrons. The number of nitrogens with zero attached hydrogens (tertiary/aromatic N) is 1. The average Bonchev–Trinajstić information content (AvgIpc) is 2.55. The van der Waals surface area contributed by atoms with E-state index in [9.17, 15) is 4.79 Å². The second-order valence-corrected chi connectivity index (χ2v) is 5.89. The van der Waals surface area contributed by atoms with Crippen LogP contribution in [0.2, 0.25) is 0 Å². The molecule has 0 aliphatic heterocycles. The Morgan fingerprint density at radius 3 is 2.82 bits per heavy atom. The molecular formula is C18H16N2OS. The van der Waals surface area contributed by atoms with Crippen molar-refractivity contribution in [2.75, 3.05) is 11.6 Å². The van der Waals surface area contributed by atoms with Gasteiger partial charge >= 0.3 is 0 Å². The van der Waals surface area contributed by atoms with E-state index in [1.807, 2.05) is 61.7 Å². The van der Waals surface area contributed by atoms with Crippen LogP contribution in [0.3, 0.4) is 0 Å². The summed E-state index contributed by atoms with van der Waals surface area (Å²) in [4.78, 5) is 18.0. The first kappa shape index (κ1) is 14.6. The van der Waals surface area contributed by atoms with Crippen LogP contribution in [0.5, 0.6) is 0 Å². The summed E-state index contributed by atoms with van der Waals surface area (Å²) < 4.78 is 0. The molecule has 0 radical (unpaired) electrons. The molecule has 3 rings (SSSR count). The maximum Gasteiger partial charge on any atom is 0.255 e. The van der Waals surface area contributed by atoms with Crippen molar-refractivity contribution in [1.29, 1.82) is 0 Å². The lowest BCUT2D eigenvalue weighted by Crippen LogP contribution is -2.13. The molecule has 2 aromatic carbocycles. The van der Waals surface area contributed by atoms with Gasteiger partial charge in [0, 0.05) is 22.0 Å². The number of hydrogen-bond acceptors (Lipinski definition) is 3. The largest absolute Gasteiger partial charge is 0.321 e. The number of hydrogen-bond donors (Lipinski definition) is 1. The van der Waals surface area contributed by atoms with Crippen LogP contribution in [0, 0.1) is 6.92 Å². The maximum absolute atomic E-state index is 12.6. The summed E-state index contributed by atoms with van der Waals surface area (Å²) in [6.45, 7) is 1.95. The van der Waals surface area contributed by atoms with Gasteiger partial charge in [-0.25, -0.2) is 0 Å². The molecule has 0 fully saturated rings. The van der Waals surface area contributed by atoms with E-state index >= 15 is 0 Å². The van der Waals surface area contributed by atoms with Gasteiger partial charge in [-0.1, -0.05) is 12.1 Å². The number of carbonyl (C=O) groups is 1. The summed E-state index contributed by atoms with van der Waals surface area (Å²) in [7, 11) is 0. The first-order valence-corrected chi connectivity index (χ1v) is 8.21. The van der Waals surface area contributed by atoms with E-state index in [0.717, 1.165) is 27.0 Å². The SMILES string of the molecule is CSc1ccc(C)c(C(=O)Nc2cccc3ncccc23)c1. The third-order valence-corrected chi connectivity index (χ3v) is 4.31. The highest BCUT2D eigenvalue weighted by atomic mass is 32.2. The van der Waals surface area contributed by atoms with Crippen LogP contribution in [0.15, 0.2) is 59.6 Å². The van der Waals surface area contributed by atoms with Crippen molar-refractivity contribution in [2.45, 2.75) is 11.8 Å². The molecule has 1 aromatic heterocycles. The summed E-state index contributed by atoms with van der Waals surface area (Å²) in [5, 5.41) is 3.95. The Hall–Kier alpha value is -2.33. The van der Waals surface area contributed by atoms with Crippen LogP contribution in [0.25, 0.3) is 10.9 Å². The molecule has 0 aliphatic rings. The summed E-state index contributed by atoms with van der Waals surface area (Å²) in [6.07, 6.45) is 3.75. The topological polar surface area (TPSA) is 42.0 Å². The quantitative estimate of drug-likeness (QED) is 0.723. The lowest BCUT2D eigenvalue weighted by atomic mass is 10.1. The number of benzene rings is 2. The number of nitrogens with one attached hydrogen (secondary N) is 1. The molecule has 0 aliphatic carbocycles. The third-order valence-electron chi connectivity index (χ3n) is 3.58. The Morgan fingerprint density at radius 1 is 1.14 bits per heavy atom. The molecule has 0 atom stereocenters. The smallest absolute Gasteiger partial charge is 0.255 e. The third kappa shape index (κ3) is 2.83. The second kappa shape index (κ2) is 6.20. The number of pyridine rings is 1. The van der Waals surface area contributed by atoms with Crippen molar-refractivity contribution in [3.8, 4) is 0 Å². The molecule has 4 heteroatoms. The number of amides is 1. The first-order valence-electron chi connectivity index (χ1n) is 6.99. The molecule has 0 spiro atoms. The van der Waals surface area contributed by atoms with Crippen molar-refractivity contribution in [3.63, 3.8) is 0 Å². The fourth-order valence-corrected chi connectivity index (χ4v) is 2.81. The van der Waals surface area contributed by atoms with E-state index in [-0.39, 0.29) is 5.91 Å². The summed E-state index contributed by atoms with van der Waals surface area (Å²) in [5.74, 6) is -0.0928. The van der Waals surface area contributed by atoms with Gasteiger partial charge in [0.15, 0.2) is 0 Å². The zero-order valence-electron chi connectivity index (χ0n) is 12.5. The number of anilines is 1. The highest BCUT2D eigenvalue weighted by Gasteiger charge is 2.11. The Morgan fingerprint density at radius 2 is 2.00 bits per heavy atom. The minimum atomic E-state index is -0.0928. The van der Waals surface area contributed by atoms with E-state index < -0.39 is 0 Å². The number of carbonyl (C=O) groups excluding carboxylic acids is 1. The molecule has 1 heterocycles. The van der Waals surface area contributed by atoms with Gasteiger partial charge in [0.25, 0.3) is 5.91 Å². The molecule has 0 bridgehead atoms. The Bertz CT molecular complexity index is 840. The van der Waals surface area contributed by atoms with Crippen molar-refractivity contribution in [3.05, 3.63) is 65.9 Å².